The first kappa shape index (κ1) is 14.7. The maximum absolute atomic E-state index is 12.0. The highest BCUT2D eigenvalue weighted by molar-refractivity contribution is 7.99. The molecule has 0 fully saturated rings. The first-order chi connectivity index (χ1) is 9.79. The molecule has 3 heteroatoms. The van der Waals surface area contributed by atoms with Gasteiger partial charge in [0.05, 0.1) is 7.11 Å². The molecule has 0 aromatic heterocycles. The summed E-state index contributed by atoms with van der Waals surface area (Å²) in [4.78, 5) is 13.3. The van der Waals surface area contributed by atoms with Crippen LogP contribution in [-0.2, 0) is 0 Å². The number of Topliss-reactive ketones (excluding diaryl/α,β-unsaturated/α-hetero) is 1. The summed E-state index contributed by atoms with van der Waals surface area (Å²) in [5.74, 6) is 1.94. The maximum Gasteiger partial charge on any atom is 0.162 e. The van der Waals surface area contributed by atoms with Crippen LogP contribution in [0.5, 0.6) is 5.75 Å². The molecule has 2 rings (SSSR count). The minimum Gasteiger partial charge on any atom is -0.497 e. The maximum atomic E-state index is 12.0. The average Bonchev–Trinajstić information content (AvgIpc) is 2.52. The molecule has 0 heterocycles. The zero-order valence-corrected chi connectivity index (χ0v) is 12.4. The van der Waals surface area contributed by atoms with Crippen molar-refractivity contribution >= 4 is 17.5 Å². The van der Waals surface area contributed by atoms with Gasteiger partial charge in [0.25, 0.3) is 0 Å². The van der Waals surface area contributed by atoms with Crippen molar-refractivity contribution in [3.63, 3.8) is 0 Å². The van der Waals surface area contributed by atoms with Gasteiger partial charge in [0, 0.05) is 16.9 Å². The van der Waals surface area contributed by atoms with Gasteiger partial charge in [0.1, 0.15) is 5.75 Å². The standard InChI is InChI=1S/C17H18O2S/c1-19-15-11-9-14(10-12-15)17(18)8-5-13-20-16-6-3-2-4-7-16/h2-4,6-7,9-12H,5,8,13H2,1H3. The second kappa shape index (κ2) is 7.75. The first-order valence-corrected chi connectivity index (χ1v) is 7.63. The number of thioether (sulfide) groups is 1. The third kappa shape index (κ3) is 4.42. The predicted octanol–water partition coefficient (Wildman–Crippen LogP) is 4.45. The van der Waals surface area contributed by atoms with Crippen LogP contribution >= 0.6 is 11.8 Å². The van der Waals surface area contributed by atoms with E-state index >= 15 is 0 Å². The highest BCUT2D eigenvalue weighted by atomic mass is 32.2. The van der Waals surface area contributed by atoms with Crippen LogP contribution in [0, 0.1) is 0 Å². The van der Waals surface area contributed by atoms with Crippen LogP contribution in [0.4, 0.5) is 0 Å². The Labute approximate surface area is 124 Å². The minimum atomic E-state index is 0.196. The zero-order valence-electron chi connectivity index (χ0n) is 11.5. The highest BCUT2D eigenvalue weighted by Crippen LogP contribution is 2.19. The average molecular weight is 286 g/mol. The Hall–Kier alpha value is -1.74. The van der Waals surface area contributed by atoms with Gasteiger partial charge in [-0.2, -0.15) is 0 Å². The van der Waals surface area contributed by atoms with Crippen LogP contribution in [0.25, 0.3) is 0 Å². The molecule has 0 spiro atoms. The van der Waals surface area contributed by atoms with Gasteiger partial charge in [-0.1, -0.05) is 18.2 Å². The molecule has 0 saturated heterocycles. The summed E-state index contributed by atoms with van der Waals surface area (Å²) in [7, 11) is 1.62. The van der Waals surface area contributed by atoms with Gasteiger partial charge in [0.2, 0.25) is 0 Å². The zero-order chi connectivity index (χ0) is 14.2. The third-order valence-corrected chi connectivity index (χ3v) is 4.07. The van der Waals surface area contributed by atoms with Crippen molar-refractivity contribution < 1.29 is 9.53 Å². The first-order valence-electron chi connectivity index (χ1n) is 6.64. The number of hydrogen-bond acceptors (Lipinski definition) is 3. The third-order valence-electron chi connectivity index (χ3n) is 2.97. The Bertz CT molecular complexity index is 535. The number of carbonyl (C=O) groups is 1. The minimum absolute atomic E-state index is 0.196. The van der Waals surface area contributed by atoms with Gasteiger partial charge >= 0.3 is 0 Å². The van der Waals surface area contributed by atoms with Gasteiger partial charge in [-0.05, 0) is 48.6 Å². The summed E-state index contributed by atoms with van der Waals surface area (Å²) < 4.78 is 5.08. The van der Waals surface area contributed by atoms with Crippen molar-refractivity contribution in [3.8, 4) is 5.75 Å². The van der Waals surface area contributed by atoms with E-state index in [1.165, 1.54) is 4.90 Å². The number of ether oxygens (including phenoxy) is 1. The topological polar surface area (TPSA) is 26.3 Å². The molecular formula is C17H18O2S. The fraction of sp³-hybridized carbons (Fsp3) is 0.235. The molecule has 2 nitrogen and oxygen atoms in total. The van der Waals surface area contributed by atoms with Gasteiger partial charge in [0.15, 0.2) is 5.78 Å². The van der Waals surface area contributed by atoms with Crippen LogP contribution in [-0.4, -0.2) is 18.6 Å². The molecule has 0 radical (unpaired) electrons. The number of benzene rings is 2. The van der Waals surface area contributed by atoms with Crippen molar-refractivity contribution in [1.29, 1.82) is 0 Å². The lowest BCUT2D eigenvalue weighted by molar-refractivity contribution is 0.0982. The van der Waals surface area contributed by atoms with Gasteiger partial charge in [-0.25, -0.2) is 0 Å². The van der Waals surface area contributed by atoms with E-state index < -0.39 is 0 Å². The summed E-state index contributed by atoms with van der Waals surface area (Å²) in [6, 6.07) is 17.6. The fourth-order valence-corrected chi connectivity index (χ4v) is 2.73. The van der Waals surface area contributed by atoms with Gasteiger partial charge < -0.3 is 4.74 Å². The van der Waals surface area contributed by atoms with Crippen molar-refractivity contribution in [1.82, 2.24) is 0 Å². The Morgan fingerprint density at radius 1 is 1.05 bits per heavy atom. The molecule has 0 bridgehead atoms. The Kier molecular flexibility index (Phi) is 5.69. The van der Waals surface area contributed by atoms with Gasteiger partial charge in [-0.15, -0.1) is 11.8 Å². The van der Waals surface area contributed by atoms with Gasteiger partial charge in [-0.3, -0.25) is 4.79 Å². The summed E-state index contributed by atoms with van der Waals surface area (Å²) >= 11 is 1.79. The largest absolute Gasteiger partial charge is 0.497 e. The van der Waals surface area contributed by atoms with E-state index in [1.807, 2.05) is 42.5 Å². The second-order valence-corrected chi connectivity index (χ2v) is 5.59. The summed E-state index contributed by atoms with van der Waals surface area (Å²) in [5, 5.41) is 0. The van der Waals surface area contributed by atoms with Crippen LogP contribution in [0.3, 0.4) is 0 Å². The van der Waals surface area contributed by atoms with E-state index in [4.69, 9.17) is 4.74 Å². The van der Waals surface area contributed by atoms with Crippen LogP contribution < -0.4 is 4.74 Å². The van der Waals surface area contributed by atoms with Crippen LogP contribution in [0.1, 0.15) is 23.2 Å². The monoisotopic (exact) mass is 286 g/mol. The van der Waals surface area contributed by atoms with Crippen molar-refractivity contribution in [2.75, 3.05) is 12.9 Å². The lowest BCUT2D eigenvalue weighted by atomic mass is 10.1. The normalized spacial score (nSPS) is 10.2. The second-order valence-electron chi connectivity index (χ2n) is 4.42. The molecule has 0 saturated carbocycles. The van der Waals surface area contributed by atoms with Crippen molar-refractivity contribution in [2.24, 2.45) is 0 Å². The summed E-state index contributed by atoms with van der Waals surface area (Å²) in [5.41, 5.74) is 0.760. The highest BCUT2D eigenvalue weighted by Gasteiger charge is 2.05. The molecule has 0 aliphatic carbocycles. The van der Waals surface area contributed by atoms with Crippen LogP contribution in [0.2, 0.25) is 0 Å². The Balaban J connectivity index is 1.74. The Morgan fingerprint density at radius 3 is 2.40 bits per heavy atom. The number of hydrogen-bond donors (Lipinski definition) is 0. The summed E-state index contributed by atoms with van der Waals surface area (Å²) in [6.45, 7) is 0. The van der Waals surface area contributed by atoms with Crippen LogP contribution in [0.15, 0.2) is 59.5 Å². The molecule has 0 unspecified atom stereocenters. The van der Waals surface area contributed by atoms with E-state index in [2.05, 4.69) is 12.1 Å². The number of rotatable bonds is 7. The number of carbonyl (C=O) groups excluding carboxylic acids is 1. The predicted molar refractivity (Wildman–Crippen MR) is 83.7 cm³/mol. The molecule has 104 valence electrons. The molecule has 0 atom stereocenters. The number of methoxy groups -OCH3 is 1. The Morgan fingerprint density at radius 2 is 1.75 bits per heavy atom. The fourth-order valence-electron chi connectivity index (χ4n) is 1.86. The quantitative estimate of drug-likeness (QED) is 0.427. The molecule has 0 aliphatic rings. The summed E-state index contributed by atoms with van der Waals surface area (Å²) in [6.07, 6.45) is 1.48. The molecule has 0 amide bonds. The molecule has 0 aliphatic heterocycles. The van der Waals surface area contributed by atoms with E-state index in [0.717, 1.165) is 23.5 Å². The SMILES string of the molecule is COc1ccc(C(=O)CCCSc2ccccc2)cc1. The lowest BCUT2D eigenvalue weighted by Gasteiger charge is -2.03. The van der Waals surface area contributed by atoms with E-state index in [-0.39, 0.29) is 5.78 Å². The number of ketones is 1. The smallest absolute Gasteiger partial charge is 0.162 e. The molecular weight excluding hydrogens is 268 g/mol. The molecule has 2 aromatic carbocycles. The van der Waals surface area contributed by atoms with E-state index in [9.17, 15) is 4.79 Å². The lowest BCUT2D eigenvalue weighted by Crippen LogP contribution is -1.99. The molecule has 0 N–H and O–H groups in total. The van der Waals surface area contributed by atoms with Crippen molar-refractivity contribution in [3.05, 3.63) is 60.2 Å². The van der Waals surface area contributed by atoms with E-state index in [0.29, 0.717) is 6.42 Å². The molecule has 20 heavy (non-hydrogen) atoms. The molecule has 2 aromatic rings. The van der Waals surface area contributed by atoms with Crippen molar-refractivity contribution in [2.45, 2.75) is 17.7 Å². The van der Waals surface area contributed by atoms with E-state index in [1.54, 1.807) is 18.9 Å².